The minimum absolute atomic E-state index is 0.0845. The van der Waals surface area contributed by atoms with Crippen LogP contribution in [-0.4, -0.2) is 34.8 Å². The van der Waals surface area contributed by atoms with E-state index >= 15 is 0 Å². The summed E-state index contributed by atoms with van der Waals surface area (Å²) in [7, 11) is 0. The van der Waals surface area contributed by atoms with Crippen molar-refractivity contribution in [3.63, 3.8) is 0 Å². The molecule has 0 spiro atoms. The van der Waals surface area contributed by atoms with Crippen molar-refractivity contribution in [3.8, 4) is 0 Å². The standard InChI is InChI=1S/C21H22N4O2/c26-20(23-16-9-6-12-22-13-16)19-17-10-4-5-11-18(17)21(27)25(24-19)14-15-7-2-1-3-8-15/h1-5,7-8,10-11,16,22H,6,9,12-14H2,(H,23,26)/t16-/m0/s1. The maximum Gasteiger partial charge on any atom is 0.274 e. The van der Waals surface area contributed by atoms with Gasteiger partial charge in [-0.05, 0) is 31.0 Å². The van der Waals surface area contributed by atoms with Crippen molar-refractivity contribution in [2.45, 2.75) is 25.4 Å². The topological polar surface area (TPSA) is 76.0 Å². The van der Waals surface area contributed by atoms with Crippen molar-refractivity contribution in [1.29, 1.82) is 0 Å². The molecule has 1 atom stereocenters. The van der Waals surface area contributed by atoms with Crippen LogP contribution in [0.5, 0.6) is 0 Å². The van der Waals surface area contributed by atoms with Crippen LogP contribution in [0, 0.1) is 0 Å². The van der Waals surface area contributed by atoms with Gasteiger partial charge in [-0.15, -0.1) is 0 Å². The Kier molecular flexibility index (Phi) is 4.98. The Morgan fingerprint density at radius 2 is 1.85 bits per heavy atom. The van der Waals surface area contributed by atoms with Gasteiger partial charge >= 0.3 is 0 Å². The van der Waals surface area contributed by atoms with E-state index in [2.05, 4.69) is 15.7 Å². The maximum absolute atomic E-state index is 12.9. The number of amides is 1. The Balaban J connectivity index is 1.73. The fourth-order valence-electron chi connectivity index (χ4n) is 3.50. The summed E-state index contributed by atoms with van der Waals surface area (Å²) in [5.74, 6) is -0.235. The number of fused-ring (bicyclic) bond motifs is 1. The molecule has 1 aliphatic rings. The molecule has 1 saturated heterocycles. The molecule has 2 heterocycles. The summed E-state index contributed by atoms with van der Waals surface area (Å²) in [5, 5.41) is 11.9. The number of carbonyl (C=O) groups excluding carboxylic acids is 1. The van der Waals surface area contributed by atoms with Crippen LogP contribution in [0.4, 0.5) is 0 Å². The summed E-state index contributed by atoms with van der Waals surface area (Å²) in [6.07, 6.45) is 1.98. The molecule has 0 unspecified atom stereocenters. The fourth-order valence-corrected chi connectivity index (χ4v) is 3.50. The van der Waals surface area contributed by atoms with Crippen molar-refractivity contribution in [3.05, 3.63) is 76.2 Å². The number of nitrogens with one attached hydrogen (secondary N) is 2. The van der Waals surface area contributed by atoms with E-state index in [9.17, 15) is 9.59 Å². The molecule has 1 amide bonds. The molecule has 6 nitrogen and oxygen atoms in total. The second-order valence-corrected chi connectivity index (χ2v) is 6.86. The summed E-state index contributed by atoms with van der Waals surface area (Å²) >= 11 is 0. The second kappa shape index (κ2) is 7.72. The highest BCUT2D eigenvalue weighted by Crippen LogP contribution is 2.14. The summed E-state index contributed by atoms with van der Waals surface area (Å²) in [6, 6.07) is 16.9. The smallest absolute Gasteiger partial charge is 0.274 e. The quantitative estimate of drug-likeness (QED) is 0.744. The second-order valence-electron chi connectivity index (χ2n) is 6.86. The van der Waals surface area contributed by atoms with Gasteiger partial charge in [0.25, 0.3) is 11.5 Å². The first-order valence-corrected chi connectivity index (χ1v) is 9.28. The van der Waals surface area contributed by atoms with Crippen LogP contribution in [0.2, 0.25) is 0 Å². The van der Waals surface area contributed by atoms with Crippen LogP contribution < -0.4 is 16.2 Å². The molecular formula is C21H22N4O2. The van der Waals surface area contributed by atoms with Crippen LogP contribution in [0.1, 0.15) is 28.9 Å². The zero-order chi connectivity index (χ0) is 18.6. The van der Waals surface area contributed by atoms with Gasteiger partial charge in [-0.2, -0.15) is 5.10 Å². The van der Waals surface area contributed by atoms with Crippen LogP contribution in [0.25, 0.3) is 10.8 Å². The molecule has 1 aromatic heterocycles. The molecule has 0 radical (unpaired) electrons. The molecule has 2 aromatic carbocycles. The number of piperidine rings is 1. The van der Waals surface area contributed by atoms with Crippen LogP contribution in [0.3, 0.4) is 0 Å². The van der Waals surface area contributed by atoms with Gasteiger partial charge in [-0.3, -0.25) is 9.59 Å². The van der Waals surface area contributed by atoms with Crippen molar-refractivity contribution in [1.82, 2.24) is 20.4 Å². The number of aromatic nitrogens is 2. The number of benzene rings is 2. The van der Waals surface area contributed by atoms with E-state index in [0.717, 1.165) is 31.5 Å². The monoisotopic (exact) mass is 362 g/mol. The van der Waals surface area contributed by atoms with E-state index in [0.29, 0.717) is 23.0 Å². The zero-order valence-electron chi connectivity index (χ0n) is 15.0. The minimum Gasteiger partial charge on any atom is -0.347 e. The normalized spacial score (nSPS) is 17.0. The lowest BCUT2D eigenvalue weighted by Crippen LogP contribution is -2.46. The van der Waals surface area contributed by atoms with E-state index in [-0.39, 0.29) is 17.5 Å². The molecule has 0 bridgehead atoms. The predicted octanol–water partition coefficient (Wildman–Crippen LogP) is 1.93. The third kappa shape index (κ3) is 3.75. The summed E-state index contributed by atoms with van der Waals surface area (Å²) in [6.45, 7) is 2.07. The summed E-state index contributed by atoms with van der Waals surface area (Å²) in [5.41, 5.74) is 1.07. The van der Waals surface area contributed by atoms with E-state index < -0.39 is 0 Å². The summed E-state index contributed by atoms with van der Waals surface area (Å²) in [4.78, 5) is 25.8. The number of nitrogens with zero attached hydrogens (tertiary/aromatic N) is 2. The molecule has 1 aliphatic heterocycles. The minimum atomic E-state index is -0.235. The highest BCUT2D eigenvalue weighted by atomic mass is 16.2. The largest absolute Gasteiger partial charge is 0.347 e. The Bertz CT molecular complexity index is 1010. The van der Waals surface area contributed by atoms with Gasteiger partial charge in [0.2, 0.25) is 0 Å². The molecule has 0 saturated carbocycles. The fraction of sp³-hybridized carbons (Fsp3) is 0.286. The zero-order valence-corrected chi connectivity index (χ0v) is 15.0. The number of rotatable bonds is 4. The van der Waals surface area contributed by atoms with Gasteiger partial charge in [0.1, 0.15) is 0 Å². The van der Waals surface area contributed by atoms with Crippen LogP contribution >= 0.6 is 0 Å². The molecule has 1 fully saturated rings. The lowest BCUT2D eigenvalue weighted by atomic mass is 10.1. The van der Waals surface area contributed by atoms with Gasteiger partial charge in [-0.1, -0.05) is 48.5 Å². The van der Waals surface area contributed by atoms with E-state index in [1.54, 1.807) is 12.1 Å². The molecule has 0 aliphatic carbocycles. The Morgan fingerprint density at radius 3 is 2.59 bits per heavy atom. The van der Waals surface area contributed by atoms with Gasteiger partial charge in [0.05, 0.1) is 11.9 Å². The Morgan fingerprint density at radius 1 is 1.11 bits per heavy atom. The Hall–Kier alpha value is -2.99. The van der Waals surface area contributed by atoms with E-state index in [1.807, 2.05) is 42.5 Å². The van der Waals surface area contributed by atoms with Gasteiger partial charge in [0, 0.05) is 18.0 Å². The summed E-state index contributed by atoms with van der Waals surface area (Å²) < 4.78 is 1.38. The van der Waals surface area contributed by atoms with E-state index in [4.69, 9.17) is 0 Å². The lowest BCUT2D eigenvalue weighted by Gasteiger charge is -2.24. The highest BCUT2D eigenvalue weighted by Gasteiger charge is 2.21. The average molecular weight is 362 g/mol. The first-order valence-electron chi connectivity index (χ1n) is 9.28. The van der Waals surface area contributed by atoms with Crippen molar-refractivity contribution in [2.24, 2.45) is 0 Å². The van der Waals surface area contributed by atoms with Crippen molar-refractivity contribution in [2.75, 3.05) is 13.1 Å². The highest BCUT2D eigenvalue weighted by molar-refractivity contribution is 6.04. The Labute approximate surface area is 157 Å². The van der Waals surface area contributed by atoms with Gasteiger partial charge in [-0.25, -0.2) is 4.68 Å². The maximum atomic E-state index is 12.9. The predicted molar refractivity (Wildman–Crippen MR) is 105 cm³/mol. The van der Waals surface area contributed by atoms with Gasteiger partial charge in [0.15, 0.2) is 5.69 Å². The average Bonchev–Trinajstić information content (AvgIpc) is 2.71. The SMILES string of the molecule is O=C(N[C@H]1CCCNC1)c1nn(Cc2ccccc2)c(=O)c2ccccc12. The van der Waals surface area contributed by atoms with Gasteiger partial charge < -0.3 is 10.6 Å². The molecule has 27 heavy (non-hydrogen) atoms. The third-order valence-corrected chi connectivity index (χ3v) is 4.89. The molecule has 6 heteroatoms. The molecule has 3 aromatic rings. The lowest BCUT2D eigenvalue weighted by molar-refractivity contribution is 0.0925. The first-order chi connectivity index (χ1) is 13.2. The van der Waals surface area contributed by atoms with Crippen LogP contribution in [0.15, 0.2) is 59.4 Å². The molecule has 4 rings (SSSR count). The number of hydrogen-bond acceptors (Lipinski definition) is 4. The number of hydrogen-bond donors (Lipinski definition) is 2. The first kappa shape index (κ1) is 17.4. The van der Waals surface area contributed by atoms with Crippen LogP contribution in [-0.2, 0) is 6.54 Å². The molecule has 138 valence electrons. The van der Waals surface area contributed by atoms with Crippen molar-refractivity contribution < 1.29 is 4.79 Å². The van der Waals surface area contributed by atoms with E-state index in [1.165, 1.54) is 4.68 Å². The molecule has 2 N–H and O–H groups in total. The molecular weight excluding hydrogens is 340 g/mol. The van der Waals surface area contributed by atoms with Crippen molar-refractivity contribution >= 4 is 16.7 Å². The third-order valence-electron chi connectivity index (χ3n) is 4.89. The number of carbonyl (C=O) groups is 1.